The van der Waals surface area contributed by atoms with Crippen LogP contribution in [0.5, 0.6) is 0 Å². The summed E-state index contributed by atoms with van der Waals surface area (Å²) >= 11 is 1.77. The highest BCUT2D eigenvalue weighted by molar-refractivity contribution is 7.11. The number of nitrogens with one attached hydrogen (secondary N) is 1. The predicted molar refractivity (Wildman–Crippen MR) is 74.9 cm³/mol. The van der Waals surface area contributed by atoms with Gasteiger partial charge in [-0.2, -0.15) is 5.10 Å². The Hall–Kier alpha value is -1.20. The van der Waals surface area contributed by atoms with Gasteiger partial charge in [0.15, 0.2) is 0 Å². The smallest absolute Gasteiger partial charge is 0.0900 e. The maximum Gasteiger partial charge on any atom is 0.0900 e. The average molecular weight is 264 g/mol. The third kappa shape index (κ3) is 2.79. The van der Waals surface area contributed by atoms with Crippen molar-refractivity contribution in [1.29, 1.82) is 0 Å². The first kappa shape index (κ1) is 13.2. The number of hydrogen-bond acceptors (Lipinski definition) is 4. The molecule has 0 saturated carbocycles. The second-order valence-corrected chi connectivity index (χ2v) is 5.75. The van der Waals surface area contributed by atoms with Gasteiger partial charge in [-0.05, 0) is 26.8 Å². The summed E-state index contributed by atoms with van der Waals surface area (Å²) in [5.74, 6) is 0. The standard InChI is InChI=1S/C13H20N4S/c1-5-6-14-12(11-7-15-17(4)8-11)13-9(2)16-10(3)18-13/h7-8,12,14H,5-6H2,1-4H3. The zero-order valence-corrected chi connectivity index (χ0v) is 12.2. The van der Waals surface area contributed by atoms with E-state index in [1.165, 1.54) is 10.4 Å². The largest absolute Gasteiger partial charge is 0.305 e. The van der Waals surface area contributed by atoms with Crippen molar-refractivity contribution in [3.63, 3.8) is 0 Å². The summed E-state index contributed by atoms with van der Waals surface area (Å²) in [4.78, 5) is 5.82. The van der Waals surface area contributed by atoms with Gasteiger partial charge in [0.25, 0.3) is 0 Å². The molecule has 4 nitrogen and oxygen atoms in total. The molecule has 18 heavy (non-hydrogen) atoms. The molecule has 2 heterocycles. The highest BCUT2D eigenvalue weighted by Gasteiger charge is 2.20. The molecule has 0 amide bonds. The fraction of sp³-hybridized carbons (Fsp3) is 0.538. The van der Waals surface area contributed by atoms with Crippen molar-refractivity contribution in [2.45, 2.75) is 33.2 Å². The molecule has 0 fully saturated rings. The zero-order valence-electron chi connectivity index (χ0n) is 11.4. The SMILES string of the molecule is CCCNC(c1cnn(C)c1)c1sc(C)nc1C. The lowest BCUT2D eigenvalue weighted by molar-refractivity contribution is 0.602. The van der Waals surface area contributed by atoms with E-state index in [0.717, 1.165) is 23.7 Å². The average Bonchev–Trinajstić information content (AvgIpc) is 2.87. The molecule has 0 aliphatic heterocycles. The Kier molecular flexibility index (Phi) is 4.14. The van der Waals surface area contributed by atoms with Gasteiger partial charge in [-0.25, -0.2) is 4.98 Å². The lowest BCUT2D eigenvalue weighted by Crippen LogP contribution is -2.22. The molecule has 2 aromatic heterocycles. The number of thiazole rings is 1. The van der Waals surface area contributed by atoms with Crippen molar-refractivity contribution in [2.75, 3.05) is 6.54 Å². The van der Waals surface area contributed by atoms with Gasteiger partial charge in [-0.1, -0.05) is 6.92 Å². The minimum absolute atomic E-state index is 0.213. The maximum absolute atomic E-state index is 4.52. The summed E-state index contributed by atoms with van der Waals surface area (Å²) in [5, 5.41) is 8.98. The van der Waals surface area contributed by atoms with Crippen LogP contribution >= 0.6 is 11.3 Å². The number of aryl methyl sites for hydroxylation is 3. The molecule has 0 saturated heterocycles. The summed E-state index contributed by atoms with van der Waals surface area (Å²) in [5.41, 5.74) is 2.33. The van der Waals surface area contributed by atoms with Crippen molar-refractivity contribution < 1.29 is 0 Å². The monoisotopic (exact) mass is 264 g/mol. The third-order valence-electron chi connectivity index (χ3n) is 2.86. The fourth-order valence-electron chi connectivity index (χ4n) is 2.05. The van der Waals surface area contributed by atoms with E-state index < -0.39 is 0 Å². The molecule has 1 N–H and O–H groups in total. The molecule has 0 radical (unpaired) electrons. The van der Waals surface area contributed by atoms with E-state index in [-0.39, 0.29) is 6.04 Å². The highest BCUT2D eigenvalue weighted by atomic mass is 32.1. The Morgan fingerprint density at radius 1 is 1.44 bits per heavy atom. The zero-order chi connectivity index (χ0) is 13.1. The summed E-state index contributed by atoms with van der Waals surface area (Å²) in [6.07, 6.45) is 5.12. The van der Waals surface area contributed by atoms with Crippen LogP contribution in [0.2, 0.25) is 0 Å². The van der Waals surface area contributed by atoms with Crippen LogP contribution < -0.4 is 5.32 Å². The molecule has 0 aliphatic rings. The van der Waals surface area contributed by atoms with Crippen LogP contribution in [0.25, 0.3) is 0 Å². The van der Waals surface area contributed by atoms with E-state index in [4.69, 9.17) is 0 Å². The van der Waals surface area contributed by atoms with Gasteiger partial charge >= 0.3 is 0 Å². The topological polar surface area (TPSA) is 42.7 Å². The molecule has 5 heteroatoms. The highest BCUT2D eigenvalue weighted by Crippen LogP contribution is 2.29. The normalized spacial score (nSPS) is 12.9. The molecule has 0 aromatic carbocycles. The van der Waals surface area contributed by atoms with Crippen molar-refractivity contribution in [2.24, 2.45) is 7.05 Å². The quantitative estimate of drug-likeness (QED) is 0.902. The molecule has 2 aromatic rings. The van der Waals surface area contributed by atoms with E-state index >= 15 is 0 Å². The minimum Gasteiger partial charge on any atom is -0.305 e. The first-order valence-corrected chi connectivity index (χ1v) is 7.09. The van der Waals surface area contributed by atoms with Gasteiger partial charge < -0.3 is 5.32 Å². The number of rotatable bonds is 5. The Bertz CT molecular complexity index is 515. The van der Waals surface area contributed by atoms with Crippen LogP contribution in [-0.2, 0) is 7.05 Å². The van der Waals surface area contributed by atoms with Gasteiger partial charge in [-0.3, -0.25) is 4.68 Å². The summed E-state index contributed by atoms with van der Waals surface area (Å²) in [6, 6.07) is 0.213. The lowest BCUT2D eigenvalue weighted by Gasteiger charge is -2.16. The van der Waals surface area contributed by atoms with Gasteiger partial charge in [-0.15, -0.1) is 11.3 Å². The summed E-state index contributed by atoms with van der Waals surface area (Å²) in [6.45, 7) is 7.31. The number of aromatic nitrogens is 3. The molecule has 1 unspecified atom stereocenters. The third-order valence-corrected chi connectivity index (χ3v) is 4.00. The van der Waals surface area contributed by atoms with Crippen molar-refractivity contribution >= 4 is 11.3 Å². The van der Waals surface area contributed by atoms with Crippen molar-refractivity contribution in [3.05, 3.63) is 33.5 Å². The molecule has 0 spiro atoms. The predicted octanol–water partition coefficient (Wildman–Crippen LogP) is 2.58. The second-order valence-electron chi connectivity index (χ2n) is 4.52. The van der Waals surface area contributed by atoms with Crippen LogP contribution in [0.15, 0.2) is 12.4 Å². The molecular weight excluding hydrogens is 244 g/mol. The second kappa shape index (κ2) is 5.63. The van der Waals surface area contributed by atoms with Gasteiger partial charge in [0.05, 0.1) is 22.9 Å². The molecule has 98 valence electrons. The first-order valence-electron chi connectivity index (χ1n) is 6.27. The fourth-order valence-corrected chi connectivity index (χ4v) is 3.09. The number of nitrogens with zero attached hydrogens (tertiary/aromatic N) is 3. The van der Waals surface area contributed by atoms with Gasteiger partial charge in [0.1, 0.15) is 0 Å². The van der Waals surface area contributed by atoms with E-state index in [0.29, 0.717) is 0 Å². The maximum atomic E-state index is 4.52. The summed E-state index contributed by atoms with van der Waals surface area (Å²) < 4.78 is 1.85. The first-order chi connectivity index (χ1) is 8.61. The van der Waals surface area contributed by atoms with Gasteiger partial charge in [0.2, 0.25) is 0 Å². The van der Waals surface area contributed by atoms with Crippen LogP contribution in [-0.4, -0.2) is 21.3 Å². The Balaban J connectivity index is 2.33. The Morgan fingerprint density at radius 3 is 2.72 bits per heavy atom. The van der Waals surface area contributed by atoms with E-state index in [9.17, 15) is 0 Å². The Labute approximate surface area is 112 Å². The van der Waals surface area contributed by atoms with E-state index in [2.05, 4.69) is 42.4 Å². The Morgan fingerprint density at radius 2 is 2.22 bits per heavy atom. The number of hydrogen-bond donors (Lipinski definition) is 1. The molecule has 2 rings (SSSR count). The molecular formula is C13H20N4S. The molecule has 1 atom stereocenters. The van der Waals surface area contributed by atoms with E-state index in [1.54, 1.807) is 11.3 Å². The lowest BCUT2D eigenvalue weighted by atomic mass is 10.1. The van der Waals surface area contributed by atoms with Crippen LogP contribution in [0.1, 0.15) is 40.5 Å². The van der Waals surface area contributed by atoms with Crippen LogP contribution in [0.4, 0.5) is 0 Å². The van der Waals surface area contributed by atoms with Crippen LogP contribution in [0.3, 0.4) is 0 Å². The van der Waals surface area contributed by atoms with E-state index in [1.807, 2.05) is 17.9 Å². The van der Waals surface area contributed by atoms with Crippen LogP contribution in [0, 0.1) is 13.8 Å². The van der Waals surface area contributed by atoms with Crippen molar-refractivity contribution in [1.82, 2.24) is 20.1 Å². The van der Waals surface area contributed by atoms with Gasteiger partial charge in [0, 0.05) is 23.7 Å². The summed E-state index contributed by atoms with van der Waals surface area (Å²) in [7, 11) is 1.95. The minimum atomic E-state index is 0.213. The molecule has 0 bridgehead atoms. The molecule has 0 aliphatic carbocycles. The van der Waals surface area contributed by atoms with Crippen molar-refractivity contribution in [3.8, 4) is 0 Å².